The first-order chi connectivity index (χ1) is 13.5. The molecule has 0 bridgehead atoms. The minimum Gasteiger partial charge on any atom is -0.493 e. The predicted octanol–water partition coefficient (Wildman–Crippen LogP) is 3.60. The molecule has 3 aromatic rings. The Kier molecular flexibility index (Phi) is 6.54. The van der Waals surface area contributed by atoms with E-state index in [4.69, 9.17) is 9.47 Å². The summed E-state index contributed by atoms with van der Waals surface area (Å²) in [5.74, 6) is 1.28. The SMILES string of the molecule is COc1cc(/C=N\NC(=O)CSc2nc3ccccc3[nH]2)ccc1OC(C)C. The standard InChI is InChI=1S/C20H22N4O3S/c1-13(2)27-17-9-8-14(10-18(17)26-3)11-21-24-19(25)12-28-20-22-15-6-4-5-7-16(15)23-20/h4-11,13H,12H2,1-3H3,(H,22,23)(H,24,25)/b21-11-. The summed E-state index contributed by atoms with van der Waals surface area (Å²) in [6.07, 6.45) is 1.61. The average molecular weight is 398 g/mol. The van der Waals surface area contributed by atoms with E-state index in [-0.39, 0.29) is 17.8 Å². The van der Waals surface area contributed by atoms with Gasteiger partial charge in [-0.1, -0.05) is 23.9 Å². The van der Waals surface area contributed by atoms with Gasteiger partial charge in [-0.05, 0) is 49.7 Å². The lowest BCUT2D eigenvalue weighted by Crippen LogP contribution is -2.19. The van der Waals surface area contributed by atoms with Crippen molar-refractivity contribution in [2.45, 2.75) is 25.1 Å². The molecule has 1 heterocycles. The molecule has 8 heteroatoms. The van der Waals surface area contributed by atoms with Crippen molar-refractivity contribution in [3.8, 4) is 11.5 Å². The highest BCUT2D eigenvalue weighted by Gasteiger charge is 2.08. The van der Waals surface area contributed by atoms with Gasteiger partial charge in [0.25, 0.3) is 5.91 Å². The van der Waals surface area contributed by atoms with Crippen LogP contribution in [0.25, 0.3) is 11.0 Å². The zero-order valence-electron chi connectivity index (χ0n) is 15.9. The molecule has 0 aliphatic carbocycles. The molecule has 1 aromatic heterocycles. The number of hydrogen-bond acceptors (Lipinski definition) is 6. The van der Waals surface area contributed by atoms with E-state index in [1.807, 2.05) is 50.2 Å². The molecule has 0 fully saturated rings. The van der Waals surface area contributed by atoms with Gasteiger partial charge in [0, 0.05) is 0 Å². The molecule has 7 nitrogen and oxygen atoms in total. The minimum absolute atomic E-state index is 0.0527. The second kappa shape index (κ2) is 9.27. The van der Waals surface area contributed by atoms with Crippen LogP contribution < -0.4 is 14.9 Å². The zero-order chi connectivity index (χ0) is 19.9. The van der Waals surface area contributed by atoms with E-state index in [1.54, 1.807) is 19.4 Å². The molecule has 0 saturated heterocycles. The van der Waals surface area contributed by atoms with E-state index < -0.39 is 0 Å². The number of aromatic amines is 1. The lowest BCUT2D eigenvalue weighted by Gasteiger charge is -2.13. The van der Waals surface area contributed by atoms with Crippen LogP contribution in [0.1, 0.15) is 19.4 Å². The van der Waals surface area contributed by atoms with E-state index in [9.17, 15) is 4.79 Å². The number of nitrogens with zero attached hydrogens (tertiary/aromatic N) is 2. The third-order valence-corrected chi connectivity index (χ3v) is 4.53. The Morgan fingerprint density at radius 1 is 1.29 bits per heavy atom. The number of amides is 1. The quantitative estimate of drug-likeness (QED) is 0.344. The molecular weight excluding hydrogens is 376 g/mol. The third-order valence-electron chi connectivity index (χ3n) is 3.66. The van der Waals surface area contributed by atoms with Crippen LogP contribution in [0.15, 0.2) is 52.7 Å². The van der Waals surface area contributed by atoms with E-state index in [2.05, 4.69) is 20.5 Å². The van der Waals surface area contributed by atoms with Crippen LogP contribution in [0.5, 0.6) is 11.5 Å². The summed E-state index contributed by atoms with van der Waals surface area (Å²) in [6.45, 7) is 3.90. The van der Waals surface area contributed by atoms with E-state index in [0.29, 0.717) is 16.7 Å². The van der Waals surface area contributed by atoms with Crippen LogP contribution in [-0.2, 0) is 4.79 Å². The van der Waals surface area contributed by atoms with Crippen LogP contribution in [0.3, 0.4) is 0 Å². The highest BCUT2D eigenvalue weighted by molar-refractivity contribution is 7.99. The Morgan fingerprint density at radius 2 is 2.11 bits per heavy atom. The number of thioether (sulfide) groups is 1. The molecule has 2 aromatic carbocycles. The van der Waals surface area contributed by atoms with E-state index in [1.165, 1.54) is 11.8 Å². The van der Waals surface area contributed by atoms with Crippen molar-refractivity contribution in [2.24, 2.45) is 5.10 Å². The van der Waals surface area contributed by atoms with Gasteiger partial charge in [-0.3, -0.25) is 4.79 Å². The van der Waals surface area contributed by atoms with Gasteiger partial charge in [-0.2, -0.15) is 5.10 Å². The highest BCUT2D eigenvalue weighted by atomic mass is 32.2. The third kappa shape index (κ3) is 5.26. The van der Waals surface area contributed by atoms with Crippen molar-refractivity contribution < 1.29 is 14.3 Å². The van der Waals surface area contributed by atoms with Crippen molar-refractivity contribution in [3.63, 3.8) is 0 Å². The second-order valence-corrected chi connectivity index (χ2v) is 7.18. The van der Waals surface area contributed by atoms with Gasteiger partial charge in [-0.15, -0.1) is 0 Å². The van der Waals surface area contributed by atoms with Crippen molar-refractivity contribution in [1.29, 1.82) is 0 Å². The Balaban J connectivity index is 1.52. The summed E-state index contributed by atoms with van der Waals surface area (Å²) < 4.78 is 11.0. The van der Waals surface area contributed by atoms with Crippen molar-refractivity contribution in [3.05, 3.63) is 48.0 Å². The maximum Gasteiger partial charge on any atom is 0.250 e. The van der Waals surface area contributed by atoms with E-state index in [0.717, 1.165) is 16.6 Å². The number of carbonyl (C=O) groups is 1. The summed E-state index contributed by atoms with van der Waals surface area (Å²) in [7, 11) is 1.58. The summed E-state index contributed by atoms with van der Waals surface area (Å²) >= 11 is 1.33. The molecule has 0 unspecified atom stereocenters. The van der Waals surface area contributed by atoms with Crippen molar-refractivity contribution in [2.75, 3.05) is 12.9 Å². The Labute approximate surface area is 167 Å². The smallest absolute Gasteiger partial charge is 0.250 e. The number of imidazole rings is 1. The minimum atomic E-state index is -0.214. The Bertz CT molecular complexity index is 951. The lowest BCUT2D eigenvalue weighted by atomic mass is 10.2. The number of H-pyrrole nitrogens is 1. The zero-order valence-corrected chi connectivity index (χ0v) is 16.7. The fourth-order valence-corrected chi connectivity index (χ4v) is 3.14. The predicted molar refractivity (Wildman–Crippen MR) is 111 cm³/mol. The fourth-order valence-electron chi connectivity index (χ4n) is 2.46. The first kappa shape index (κ1) is 19.8. The van der Waals surface area contributed by atoms with Crippen molar-refractivity contribution in [1.82, 2.24) is 15.4 Å². The second-order valence-electron chi connectivity index (χ2n) is 6.22. The summed E-state index contributed by atoms with van der Waals surface area (Å²) in [5, 5.41) is 4.70. The lowest BCUT2D eigenvalue weighted by molar-refractivity contribution is -0.118. The van der Waals surface area contributed by atoms with Crippen LogP contribution in [0, 0.1) is 0 Å². The first-order valence-electron chi connectivity index (χ1n) is 8.79. The number of aromatic nitrogens is 2. The number of hydrogen-bond donors (Lipinski definition) is 2. The van der Waals surface area contributed by atoms with Gasteiger partial charge in [0.2, 0.25) is 0 Å². The van der Waals surface area contributed by atoms with Crippen LogP contribution in [0.2, 0.25) is 0 Å². The Hall–Kier alpha value is -3.00. The van der Waals surface area contributed by atoms with Crippen LogP contribution >= 0.6 is 11.8 Å². The summed E-state index contributed by atoms with van der Waals surface area (Å²) in [4.78, 5) is 19.6. The van der Waals surface area contributed by atoms with Crippen LogP contribution in [-0.4, -0.2) is 41.1 Å². The van der Waals surface area contributed by atoms with Crippen LogP contribution in [0.4, 0.5) is 0 Å². The van der Waals surface area contributed by atoms with Gasteiger partial charge >= 0.3 is 0 Å². The van der Waals surface area contributed by atoms with Gasteiger partial charge in [0.1, 0.15) is 0 Å². The molecule has 0 atom stereocenters. The monoisotopic (exact) mass is 398 g/mol. The molecule has 0 aliphatic rings. The molecule has 0 spiro atoms. The number of carbonyl (C=O) groups excluding carboxylic acids is 1. The number of ether oxygens (including phenoxy) is 2. The number of rotatable bonds is 8. The molecule has 2 N–H and O–H groups in total. The maximum atomic E-state index is 12.0. The molecule has 1 amide bonds. The molecule has 0 aliphatic heterocycles. The van der Waals surface area contributed by atoms with Gasteiger partial charge in [0.15, 0.2) is 16.7 Å². The molecule has 0 saturated carbocycles. The molecule has 0 radical (unpaired) electrons. The molecule has 3 rings (SSSR count). The Morgan fingerprint density at radius 3 is 2.86 bits per heavy atom. The highest BCUT2D eigenvalue weighted by Crippen LogP contribution is 2.28. The number of methoxy groups -OCH3 is 1. The first-order valence-corrected chi connectivity index (χ1v) is 9.78. The molecular formula is C20H22N4O3S. The maximum absolute atomic E-state index is 12.0. The number of fused-ring (bicyclic) bond motifs is 1. The van der Waals surface area contributed by atoms with Gasteiger partial charge < -0.3 is 14.5 Å². The largest absolute Gasteiger partial charge is 0.493 e. The molecule has 146 valence electrons. The summed E-state index contributed by atoms with van der Waals surface area (Å²) in [6, 6.07) is 13.2. The van der Waals surface area contributed by atoms with Gasteiger partial charge in [0.05, 0.1) is 36.2 Å². The van der Waals surface area contributed by atoms with Gasteiger partial charge in [-0.25, -0.2) is 10.4 Å². The van der Waals surface area contributed by atoms with E-state index >= 15 is 0 Å². The molecule has 28 heavy (non-hydrogen) atoms. The fraction of sp³-hybridized carbons (Fsp3) is 0.250. The topological polar surface area (TPSA) is 88.6 Å². The average Bonchev–Trinajstić information content (AvgIpc) is 3.10. The summed E-state index contributed by atoms with van der Waals surface area (Å²) in [5.41, 5.74) is 5.13. The number of para-hydroxylation sites is 2. The number of nitrogens with one attached hydrogen (secondary N) is 2. The number of hydrazone groups is 1. The normalized spacial score (nSPS) is 11.3. The van der Waals surface area contributed by atoms with Crippen molar-refractivity contribution >= 4 is 34.9 Å². The number of benzene rings is 2.